The Hall–Kier alpha value is -1.20. The number of aromatic nitrogens is 1. The van der Waals surface area contributed by atoms with E-state index in [4.69, 9.17) is 0 Å². The molecule has 0 saturated heterocycles. The summed E-state index contributed by atoms with van der Waals surface area (Å²) < 4.78 is 0. The van der Waals surface area contributed by atoms with Gasteiger partial charge in [-0.1, -0.05) is 0 Å². The fraction of sp³-hybridized carbons (Fsp3) is 0.273. The largest absolute Gasteiger partial charge is 0.297 e. The molecule has 3 nitrogen and oxygen atoms in total. The summed E-state index contributed by atoms with van der Waals surface area (Å²) in [5, 5.41) is 5.42. The van der Waals surface area contributed by atoms with E-state index in [0.717, 1.165) is 21.0 Å². The zero-order valence-corrected chi connectivity index (χ0v) is 11.0. The second-order valence-corrected chi connectivity index (χ2v) is 5.67. The number of carbonyl (C=O) groups excluding carboxylic acids is 1. The molecule has 5 heteroatoms. The molecule has 0 unspecified atom stereocenters. The Kier molecular flexibility index (Phi) is 3.07. The van der Waals surface area contributed by atoms with E-state index in [1.54, 1.807) is 0 Å². The number of carbonyl (C=O) groups is 1. The Labute approximate surface area is 102 Å². The van der Waals surface area contributed by atoms with Gasteiger partial charge in [0.2, 0.25) is 0 Å². The van der Waals surface area contributed by atoms with Crippen molar-refractivity contribution in [2.75, 3.05) is 5.32 Å². The molecule has 2 rings (SSSR count). The van der Waals surface area contributed by atoms with Gasteiger partial charge in [0.1, 0.15) is 0 Å². The van der Waals surface area contributed by atoms with Gasteiger partial charge >= 0.3 is 0 Å². The SMILES string of the molecule is Cc1ccsc1C(=O)Nc1nc(C)c(C)s1. The third-order valence-electron chi connectivity index (χ3n) is 2.32. The van der Waals surface area contributed by atoms with E-state index in [0.29, 0.717) is 5.13 Å². The summed E-state index contributed by atoms with van der Waals surface area (Å²) in [6.07, 6.45) is 0. The maximum Gasteiger partial charge on any atom is 0.267 e. The number of amides is 1. The van der Waals surface area contributed by atoms with Gasteiger partial charge in [0.05, 0.1) is 10.6 Å². The number of anilines is 1. The highest BCUT2D eigenvalue weighted by Crippen LogP contribution is 2.23. The maximum atomic E-state index is 11.9. The van der Waals surface area contributed by atoms with Gasteiger partial charge < -0.3 is 0 Å². The minimum atomic E-state index is -0.0683. The summed E-state index contributed by atoms with van der Waals surface area (Å²) in [4.78, 5) is 18.1. The molecular weight excluding hydrogens is 240 g/mol. The minimum absolute atomic E-state index is 0.0683. The number of nitrogens with one attached hydrogen (secondary N) is 1. The maximum absolute atomic E-state index is 11.9. The van der Waals surface area contributed by atoms with Crippen molar-refractivity contribution in [2.24, 2.45) is 0 Å². The number of hydrogen-bond donors (Lipinski definition) is 1. The summed E-state index contributed by atoms with van der Waals surface area (Å²) in [5.41, 5.74) is 1.98. The molecule has 0 spiro atoms. The quantitative estimate of drug-likeness (QED) is 0.890. The lowest BCUT2D eigenvalue weighted by Crippen LogP contribution is -2.10. The molecule has 2 aromatic heterocycles. The van der Waals surface area contributed by atoms with Crippen LogP contribution in [-0.4, -0.2) is 10.9 Å². The molecule has 0 aliphatic heterocycles. The molecule has 2 heterocycles. The number of hydrogen-bond acceptors (Lipinski definition) is 4. The smallest absolute Gasteiger partial charge is 0.267 e. The van der Waals surface area contributed by atoms with Crippen LogP contribution in [0.2, 0.25) is 0 Å². The van der Waals surface area contributed by atoms with E-state index in [9.17, 15) is 4.79 Å². The third kappa shape index (κ3) is 2.15. The molecule has 84 valence electrons. The van der Waals surface area contributed by atoms with Crippen LogP contribution in [0.25, 0.3) is 0 Å². The van der Waals surface area contributed by atoms with Crippen LogP contribution < -0.4 is 5.32 Å². The number of aryl methyl sites for hydroxylation is 3. The molecule has 0 aromatic carbocycles. The zero-order valence-electron chi connectivity index (χ0n) is 9.33. The van der Waals surface area contributed by atoms with Crippen LogP contribution in [0.1, 0.15) is 25.8 Å². The second kappa shape index (κ2) is 4.35. The second-order valence-electron chi connectivity index (χ2n) is 3.55. The summed E-state index contributed by atoms with van der Waals surface area (Å²) in [5.74, 6) is -0.0683. The van der Waals surface area contributed by atoms with Crippen LogP contribution in [-0.2, 0) is 0 Å². The number of rotatable bonds is 2. The first-order valence-corrected chi connectivity index (χ1v) is 6.57. The van der Waals surface area contributed by atoms with E-state index in [2.05, 4.69) is 10.3 Å². The normalized spacial score (nSPS) is 10.4. The van der Waals surface area contributed by atoms with Crippen molar-refractivity contribution in [3.05, 3.63) is 32.5 Å². The first kappa shape index (κ1) is 11.3. The zero-order chi connectivity index (χ0) is 11.7. The van der Waals surface area contributed by atoms with Crippen LogP contribution in [0.4, 0.5) is 5.13 Å². The molecule has 0 aliphatic rings. The highest BCUT2D eigenvalue weighted by atomic mass is 32.1. The number of nitrogens with zero attached hydrogens (tertiary/aromatic N) is 1. The summed E-state index contributed by atoms with van der Waals surface area (Å²) >= 11 is 2.96. The van der Waals surface area contributed by atoms with Crippen molar-refractivity contribution in [1.82, 2.24) is 4.98 Å². The van der Waals surface area contributed by atoms with Crippen LogP contribution in [0.3, 0.4) is 0 Å². The lowest BCUT2D eigenvalue weighted by atomic mass is 10.3. The Bertz CT molecular complexity index is 508. The van der Waals surface area contributed by atoms with Crippen LogP contribution in [0.15, 0.2) is 11.4 Å². The molecule has 0 atom stereocenters. The third-order valence-corrected chi connectivity index (χ3v) is 4.32. The van der Waals surface area contributed by atoms with E-state index in [1.807, 2.05) is 32.2 Å². The van der Waals surface area contributed by atoms with Crippen LogP contribution in [0.5, 0.6) is 0 Å². The Morgan fingerprint density at radius 1 is 1.38 bits per heavy atom. The molecule has 0 bridgehead atoms. The molecule has 0 aliphatic carbocycles. The van der Waals surface area contributed by atoms with Gasteiger partial charge in [-0.25, -0.2) is 4.98 Å². The molecule has 0 radical (unpaired) electrons. The van der Waals surface area contributed by atoms with Crippen molar-refractivity contribution in [1.29, 1.82) is 0 Å². The first-order chi connectivity index (χ1) is 7.58. The van der Waals surface area contributed by atoms with Crippen molar-refractivity contribution < 1.29 is 4.79 Å². The van der Waals surface area contributed by atoms with Crippen LogP contribution in [0, 0.1) is 20.8 Å². The predicted molar refractivity (Wildman–Crippen MR) is 68.6 cm³/mol. The van der Waals surface area contributed by atoms with Crippen molar-refractivity contribution >= 4 is 33.7 Å². The molecule has 2 aromatic rings. The van der Waals surface area contributed by atoms with E-state index >= 15 is 0 Å². The van der Waals surface area contributed by atoms with Crippen molar-refractivity contribution in [3.8, 4) is 0 Å². The fourth-order valence-electron chi connectivity index (χ4n) is 1.29. The summed E-state index contributed by atoms with van der Waals surface area (Å²) in [6.45, 7) is 5.88. The minimum Gasteiger partial charge on any atom is -0.297 e. The Morgan fingerprint density at radius 2 is 2.12 bits per heavy atom. The van der Waals surface area contributed by atoms with E-state index in [1.165, 1.54) is 22.7 Å². The molecule has 0 saturated carbocycles. The van der Waals surface area contributed by atoms with Gasteiger partial charge in [0.25, 0.3) is 5.91 Å². The number of thiophene rings is 1. The van der Waals surface area contributed by atoms with Crippen molar-refractivity contribution in [2.45, 2.75) is 20.8 Å². The van der Waals surface area contributed by atoms with Gasteiger partial charge in [-0.3, -0.25) is 10.1 Å². The van der Waals surface area contributed by atoms with Crippen LogP contribution >= 0.6 is 22.7 Å². The van der Waals surface area contributed by atoms with Crippen molar-refractivity contribution in [3.63, 3.8) is 0 Å². The highest BCUT2D eigenvalue weighted by Gasteiger charge is 2.12. The van der Waals surface area contributed by atoms with Gasteiger partial charge in [-0.2, -0.15) is 0 Å². The molecule has 0 fully saturated rings. The van der Waals surface area contributed by atoms with E-state index in [-0.39, 0.29) is 5.91 Å². The van der Waals surface area contributed by atoms with E-state index < -0.39 is 0 Å². The number of thiazole rings is 1. The fourth-order valence-corrected chi connectivity index (χ4v) is 2.92. The molecule has 1 N–H and O–H groups in total. The average molecular weight is 252 g/mol. The summed E-state index contributed by atoms with van der Waals surface area (Å²) in [6, 6.07) is 1.94. The molecular formula is C11H12N2OS2. The Balaban J connectivity index is 2.17. The Morgan fingerprint density at radius 3 is 2.62 bits per heavy atom. The molecule has 1 amide bonds. The average Bonchev–Trinajstić information content (AvgIpc) is 2.74. The van der Waals surface area contributed by atoms with Gasteiger partial charge in [-0.15, -0.1) is 22.7 Å². The predicted octanol–water partition coefficient (Wildman–Crippen LogP) is 3.38. The van der Waals surface area contributed by atoms with Gasteiger partial charge in [0, 0.05) is 4.88 Å². The van der Waals surface area contributed by atoms with Gasteiger partial charge in [0.15, 0.2) is 5.13 Å². The lowest BCUT2D eigenvalue weighted by Gasteiger charge is -1.99. The standard InChI is InChI=1S/C11H12N2OS2/c1-6-4-5-15-9(6)10(14)13-11-12-7(2)8(3)16-11/h4-5H,1-3H3,(H,12,13,14). The van der Waals surface area contributed by atoms with Gasteiger partial charge in [-0.05, 0) is 37.8 Å². The topological polar surface area (TPSA) is 42.0 Å². The highest BCUT2D eigenvalue weighted by molar-refractivity contribution is 7.16. The summed E-state index contributed by atoms with van der Waals surface area (Å²) in [7, 11) is 0. The lowest BCUT2D eigenvalue weighted by molar-refractivity contribution is 0.103. The monoisotopic (exact) mass is 252 g/mol. The first-order valence-electron chi connectivity index (χ1n) is 4.87. The molecule has 16 heavy (non-hydrogen) atoms.